The van der Waals surface area contributed by atoms with Gasteiger partial charge in [-0.2, -0.15) is 5.21 Å². The predicted octanol–water partition coefficient (Wildman–Crippen LogP) is 8.88. The lowest BCUT2D eigenvalue weighted by atomic mass is 9.99. The molecule has 0 unspecified atom stereocenters. The zero-order valence-electron chi connectivity index (χ0n) is 39.2. The minimum atomic E-state index is 0.128. The number of aliphatic hydroxyl groups excluding tert-OH is 1. The fourth-order valence-corrected chi connectivity index (χ4v) is 6.65. The van der Waals surface area contributed by atoms with Gasteiger partial charge in [0.2, 0.25) is 5.82 Å². The number of nitrogens with one attached hydrogen (secondary N) is 1. The van der Waals surface area contributed by atoms with Gasteiger partial charge in [0.05, 0.1) is 11.9 Å². The van der Waals surface area contributed by atoms with Crippen molar-refractivity contribution in [3.8, 4) is 45.4 Å². The maximum atomic E-state index is 8.89. The standard InChI is InChI=1S/C13H19N5O.2C13H15N3.C9H11N5/c1-9(2)12-7-11(8-14-10(12)3)13-15-16-17-18(13)5-4-6-19;1-9(2)12-6-11(7-16-10(12)3)13-8-14-4-5-15-13;1-9(2)12-7-11(8-16-10(12)3)13-14-5-4-6-15-13;1-6(2)7-3-8(5-10-4-7)9-11-13-14-12-9/h7-9,19H,4-6H2,1-3H3;2*4-9H,1-3H3;3-6H,1-2H3,(H,11,12,13,14). The molecule has 338 valence electrons. The maximum absolute atomic E-state index is 8.89. The van der Waals surface area contributed by atoms with Crippen LogP contribution < -0.4 is 0 Å². The van der Waals surface area contributed by atoms with Crippen molar-refractivity contribution in [2.24, 2.45) is 0 Å². The Morgan fingerprint density at radius 3 is 1.69 bits per heavy atom. The minimum Gasteiger partial charge on any atom is -0.396 e. The third-order valence-electron chi connectivity index (χ3n) is 10.3. The van der Waals surface area contributed by atoms with E-state index in [0.717, 1.165) is 50.9 Å². The first-order valence-corrected chi connectivity index (χ1v) is 21.8. The third kappa shape index (κ3) is 13.9. The highest BCUT2D eigenvalue weighted by Gasteiger charge is 2.14. The molecule has 0 saturated carbocycles. The van der Waals surface area contributed by atoms with Gasteiger partial charge in [0, 0.05) is 108 Å². The third-order valence-corrected chi connectivity index (χ3v) is 10.3. The molecule has 17 heteroatoms. The van der Waals surface area contributed by atoms with Gasteiger partial charge in [-0.25, -0.2) is 14.6 Å². The predicted molar refractivity (Wildman–Crippen MR) is 251 cm³/mol. The van der Waals surface area contributed by atoms with E-state index < -0.39 is 0 Å². The van der Waals surface area contributed by atoms with Crippen LogP contribution in [0.25, 0.3) is 45.4 Å². The average molecular weight is 877 g/mol. The number of pyridine rings is 4. The Kier molecular flexibility index (Phi) is 18.1. The summed E-state index contributed by atoms with van der Waals surface area (Å²) in [4.78, 5) is 34.2. The summed E-state index contributed by atoms with van der Waals surface area (Å²) in [6, 6.07) is 10.2. The highest BCUT2D eigenvalue weighted by Crippen LogP contribution is 2.26. The van der Waals surface area contributed by atoms with Crippen LogP contribution in [-0.2, 0) is 6.54 Å². The SMILES string of the molecule is CC(C)c1cncc(-c2nn[nH]n2)c1.Cc1ncc(-c2cnccn2)cc1C(C)C.Cc1ncc(-c2ncccn2)cc1C(C)C.Cc1ncc(-c2nnnn2CCCO)cc1C(C)C. The molecule has 2 N–H and O–H groups in total. The fourth-order valence-electron chi connectivity index (χ4n) is 6.65. The van der Waals surface area contributed by atoms with Gasteiger partial charge in [-0.05, 0) is 119 Å². The van der Waals surface area contributed by atoms with Crippen molar-refractivity contribution >= 4 is 0 Å². The lowest BCUT2D eigenvalue weighted by Crippen LogP contribution is -2.05. The first-order valence-electron chi connectivity index (χ1n) is 21.8. The van der Waals surface area contributed by atoms with Gasteiger partial charge in [0.15, 0.2) is 11.6 Å². The molecular weight excluding hydrogens is 817 g/mol. The second-order valence-corrected chi connectivity index (χ2v) is 16.5. The molecule has 0 fully saturated rings. The topological polar surface area (TPSA) is 221 Å². The summed E-state index contributed by atoms with van der Waals surface area (Å²) in [6.07, 6.45) is 18.3. The van der Waals surface area contributed by atoms with Crippen molar-refractivity contribution in [3.05, 3.63) is 132 Å². The van der Waals surface area contributed by atoms with Crippen LogP contribution >= 0.6 is 0 Å². The Hall–Kier alpha value is -7.14. The van der Waals surface area contributed by atoms with Crippen molar-refractivity contribution in [2.45, 2.75) is 113 Å². The van der Waals surface area contributed by atoms with Crippen LogP contribution in [0.5, 0.6) is 0 Å². The Labute approximate surface area is 381 Å². The molecule has 17 nitrogen and oxygen atoms in total. The van der Waals surface area contributed by atoms with E-state index in [1.54, 1.807) is 48.1 Å². The number of hydrogen-bond acceptors (Lipinski definition) is 15. The van der Waals surface area contributed by atoms with Crippen molar-refractivity contribution in [3.63, 3.8) is 0 Å². The van der Waals surface area contributed by atoms with Gasteiger partial charge in [-0.15, -0.1) is 15.3 Å². The summed E-state index contributed by atoms with van der Waals surface area (Å²) < 4.78 is 1.70. The zero-order valence-corrected chi connectivity index (χ0v) is 39.2. The molecule has 8 aromatic heterocycles. The molecule has 8 aromatic rings. The van der Waals surface area contributed by atoms with Crippen molar-refractivity contribution < 1.29 is 5.11 Å². The van der Waals surface area contributed by atoms with Gasteiger partial charge in [0.1, 0.15) is 0 Å². The largest absolute Gasteiger partial charge is 0.396 e. The van der Waals surface area contributed by atoms with Gasteiger partial charge in [-0.3, -0.25) is 29.9 Å². The first kappa shape index (κ1) is 48.9. The molecule has 0 bridgehead atoms. The molecule has 0 aliphatic carbocycles. The van der Waals surface area contributed by atoms with Gasteiger partial charge < -0.3 is 5.11 Å². The Balaban J connectivity index is 0.000000164. The summed E-state index contributed by atoms with van der Waals surface area (Å²) in [6.45, 7) is 24.0. The second-order valence-electron chi connectivity index (χ2n) is 16.5. The number of nitrogens with zero attached hydrogens (tertiary/aromatic N) is 15. The lowest BCUT2D eigenvalue weighted by molar-refractivity contribution is 0.276. The summed E-state index contributed by atoms with van der Waals surface area (Å²) in [5, 5.41) is 34.3. The van der Waals surface area contributed by atoms with Crippen LogP contribution in [0.3, 0.4) is 0 Å². The number of rotatable bonds is 11. The number of aromatic nitrogens is 16. The van der Waals surface area contributed by atoms with Crippen LogP contribution in [-0.4, -0.2) is 92.4 Å². The first-order chi connectivity index (χ1) is 31.3. The highest BCUT2D eigenvalue weighted by molar-refractivity contribution is 5.59. The molecule has 0 atom stereocenters. The van der Waals surface area contributed by atoms with E-state index in [2.05, 4.69) is 150 Å². The van der Waals surface area contributed by atoms with E-state index in [4.69, 9.17) is 5.11 Å². The van der Waals surface area contributed by atoms with Crippen molar-refractivity contribution in [2.75, 3.05) is 6.61 Å². The molecule has 0 aromatic carbocycles. The molecule has 0 saturated heterocycles. The van der Waals surface area contributed by atoms with E-state index in [0.29, 0.717) is 48.3 Å². The van der Waals surface area contributed by atoms with Crippen molar-refractivity contribution in [1.29, 1.82) is 0 Å². The molecule has 0 amide bonds. The summed E-state index contributed by atoms with van der Waals surface area (Å²) in [5.74, 6) is 3.82. The van der Waals surface area contributed by atoms with Crippen LogP contribution in [0.1, 0.15) is 125 Å². The lowest BCUT2D eigenvalue weighted by Gasteiger charge is -2.11. The fraction of sp³-hybridized carbons (Fsp3) is 0.375. The van der Waals surface area contributed by atoms with Crippen molar-refractivity contribution in [1.82, 2.24) is 80.7 Å². The van der Waals surface area contributed by atoms with E-state index in [-0.39, 0.29) is 6.61 Å². The van der Waals surface area contributed by atoms with Gasteiger partial charge >= 0.3 is 0 Å². The smallest absolute Gasteiger partial charge is 0.206 e. The van der Waals surface area contributed by atoms with Crippen LogP contribution in [0.4, 0.5) is 0 Å². The van der Waals surface area contributed by atoms with Crippen LogP contribution in [0.15, 0.2) is 92.3 Å². The van der Waals surface area contributed by atoms with Gasteiger partial charge in [0.25, 0.3) is 0 Å². The molecule has 8 rings (SSSR count). The number of aryl methyl sites for hydroxylation is 4. The second kappa shape index (κ2) is 24.1. The average Bonchev–Trinajstić information content (AvgIpc) is 4.04. The minimum absolute atomic E-state index is 0.128. The summed E-state index contributed by atoms with van der Waals surface area (Å²) >= 11 is 0. The van der Waals surface area contributed by atoms with Gasteiger partial charge in [-0.1, -0.05) is 55.4 Å². The van der Waals surface area contributed by atoms with Crippen LogP contribution in [0, 0.1) is 20.8 Å². The van der Waals surface area contributed by atoms with E-state index in [9.17, 15) is 0 Å². The van der Waals surface area contributed by atoms with E-state index >= 15 is 0 Å². The van der Waals surface area contributed by atoms with Crippen LogP contribution in [0.2, 0.25) is 0 Å². The number of tetrazole rings is 2. The van der Waals surface area contributed by atoms with E-state index in [1.807, 2.05) is 51.5 Å². The molecule has 0 spiro atoms. The number of aromatic amines is 1. The number of hydrogen-bond donors (Lipinski definition) is 2. The summed E-state index contributed by atoms with van der Waals surface area (Å²) in [7, 11) is 0. The zero-order chi connectivity index (χ0) is 46.9. The molecular formula is C48H60N16O. The molecule has 8 heterocycles. The highest BCUT2D eigenvalue weighted by atomic mass is 16.3. The molecule has 0 aliphatic rings. The van der Waals surface area contributed by atoms with E-state index in [1.165, 1.54) is 22.3 Å². The molecule has 65 heavy (non-hydrogen) atoms. The molecule has 0 aliphatic heterocycles. The maximum Gasteiger partial charge on any atom is 0.206 e. The number of aliphatic hydroxyl groups is 1. The monoisotopic (exact) mass is 877 g/mol. The summed E-state index contributed by atoms with van der Waals surface area (Å²) in [5.41, 5.74) is 12.8. The Morgan fingerprint density at radius 1 is 0.554 bits per heavy atom. The Bertz CT molecular complexity index is 2560. The Morgan fingerprint density at radius 2 is 1.14 bits per heavy atom. The quantitative estimate of drug-likeness (QED) is 0.124. The molecule has 0 radical (unpaired) electrons. The number of H-pyrrole nitrogens is 1. The normalized spacial score (nSPS) is 10.9.